The average Bonchev–Trinajstić information content (AvgIpc) is 2.56. The zero-order chi connectivity index (χ0) is 14.9. The summed E-state index contributed by atoms with van der Waals surface area (Å²) in [7, 11) is 3.23. The van der Waals surface area contributed by atoms with Gasteiger partial charge in [-0.3, -0.25) is 4.57 Å². The summed E-state index contributed by atoms with van der Waals surface area (Å²) >= 11 is 0. The number of hydrogen-bond acceptors (Lipinski definition) is 4. The third-order valence-electron chi connectivity index (χ3n) is 3.22. The van der Waals surface area contributed by atoms with Crippen molar-refractivity contribution in [2.75, 3.05) is 27.7 Å². The van der Waals surface area contributed by atoms with Crippen molar-refractivity contribution < 1.29 is 23.9 Å². The molecule has 0 aromatic rings. The highest BCUT2D eigenvalue weighted by Gasteiger charge is 2.51. The van der Waals surface area contributed by atoms with Gasteiger partial charge < -0.3 is 19.4 Å². The second kappa shape index (κ2) is 6.26. The van der Waals surface area contributed by atoms with Crippen LogP contribution in [0.2, 0.25) is 0 Å². The van der Waals surface area contributed by atoms with Crippen molar-refractivity contribution in [3.8, 4) is 0 Å². The first-order valence-corrected chi connectivity index (χ1v) is 10.2. The van der Waals surface area contributed by atoms with E-state index in [1.165, 1.54) is 10.8 Å². The molecule has 1 aliphatic carbocycles. The zero-order valence-corrected chi connectivity index (χ0v) is 14.5. The van der Waals surface area contributed by atoms with E-state index in [0.29, 0.717) is 15.7 Å². The van der Waals surface area contributed by atoms with Gasteiger partial charge in [-0.05, 0) is 29.6 Å². The zero-order valence-electron chi connectivity index (χ0n) is 11.9. The minimum atomic E-state index is -4.58. The van der Waals surface area contributed by atoms with Crippen molar-refractivity contribution in [3.63, 3.8) is 0 Å². The lowest BCUT2D eigenvalue weighted by molar-refractivity contribution is -0.873. The Morgan fingerprint density at radius 2 is 1.89 bits per heavy atom. The van der Waals surface area contributed by atoms with Crippen LogP contribution < -0.4 is 0 Å². The van der Waals surface area contributed by atoms with Crippen LogP contribution >= 0.6 is 29.2 Å². The van der Waals surface area contributed by atoms with Crippen molar-refractivity contribution in [2.45, 2.75) is 36.1 Å². The van der Waals surface area contributed by atoms with Crippen molar-refractivity contribution in [2.24, 2.45) is 5.92 Å². The summed E-state index contributed by atoms with van der Waals surface area (Å²) < 4.78 is 9.90. The minimum Gasteiger partial charge on any atom is -0.364 e. The summed E-state index contributed by atoms with van der Waals surface area (Å²) in [6.45, 7) is 2.16. The van der Waals surface area contributed by atoms with E-state index in [4.69, 9.17) is 0 Å². The van der Waals surface area contributed by atoms with Gasteiger partial charge in [-0.1, -0.05) is 24.1 Å². The van der Waals surface area contributed by atoms with Crippen LogP contribution in [0.25, 0.3) is 0 Å². The first kappa shape index (κ1) is 17.8. The van der Waals surface area contributed by atoms with Gasteiger partial charge in [-0.15, -0.1) is 0 Å². The molecule has 1 saturated carbocycles. The van der Waals surface area contributed by atoms with E-state index in [0.717, 1.165) is 30.1 Å². The Hall–Kier alpha value is 0.770. The normalized spacial score (nSPS) is 28.4. The fourth-order valence-electron chi connectivity index (χ4n) is 2.18. The van der Waals surface area contributed by atoms with E-state index in [2.05, 4.69) is 6.92 Å². The van der Waals surface area contributed by atoms with Gasteiger partial charge in [0.25, 0.3) is 4.67 Å². The average molecular weight is 330 g/mol. The molecule has 1 fully saturated rings. The van der Waals surface area contributed by atoms with Crippen LogP contribution in [0.4, 0.5) is 0 Å². The highest BCUT2D eigenvalue weighted by molar-refractivity contribution is 8.78. The van der Waals surface area contributed by atoms with Crippen LogP contribution in [0, 0.1) is 5.92 Å². The number of likely N-dealkylation sites (N-methyl/N-ethyl adjacent to an activating group) is 1. The summed E-state index contributed by atoms with van der Waals surface area (Å²) in [5.41, 5.74) is 0. The highest BCUT2D eigenvalue weighted by atomic mass is 33.1. The third kappa shape index (κ3) is 5.23. The lowest BCUT2D eigenvalue weighted by Crippen LogP contribution is -2.47. The second-order valence-corrected chi connectivity index (χ2v) is 11.2. The minimum absolute atomic E-state index is 0.00997. The highest BCUT2D eigenvalue weighted by Crippen LogP contribution is 2.60. The Morgan fingerprint density at radius 3 is 2.26 bits per heavy atom. The molecule has 5 nitrogen and oxygen atoms in total. The van der Waals surface area contributed by atoms with Gasteiger partial charge in [0.1, 0.15) is 6.54 Å². The lowest BCUT2D eigenvalue weighted by atomic mass is 10.1. The van der Waals surface area contributed by atoms with Crippen LogP contribution in [0.3, 0.4) is 0 Å². The van der Waals surface area contributed by atoms with E-state index in [1.54, 1.807) is 0 Å². The summed E-state index contributed by atoms with van der Waals surface area (Å²) in [6.07, 6.45) is 3.37. The first-order valence-electron chi connectivity index (χ1n) is 6.37. The molecule has 1 rings (SSSR count). The van der Waals surface area contributed by atoms with Crippen LogP contribution in [-0.4, -0.2) is 57.0 Å². The number of nitrogens with zero attached hydrogens (tertiary/aromatic N) is 1. The molecule has 3 N–H and O–H groups in total. The van der Waals surface area contributed by atoms with Crippen molar-refractivity contribution in [3.05, 3.63) is 0 Å². The molecule has 0 aromatic heterocycles. The molecule has 1 unspecified atom stereocenters. The lowest BCUT2D eigenvalue weighted by Gasteiger charge is -2.35. The predicted molar refractivity (Wildman–Crippen MR) is 81.9 cm³/mol. The Balaban J connectivity index is 2.73. The molecule has 0 spiro atoms. The Labute approximate surface area is 123 Å². The Morgan fingerprint density at radius 1 is 1.32 bits per heavy atom. The Bertz CT molecular complexity index is 357. The molecular formula is C11H25NO4PS2+. The standard InChI is InChI=1S/C11H24NO4PS2/c1-9-6-5-7-10(9)18-19-11(13,17(14,15)16)8-12(2,3)4/h9-10,13H,5-8H2,1-4H3,(H-,14,15,16)/p+1/t9-,10-,11?/m0/s1. The molecule has 0 bridgehead atoms. The molecule has 0 aliphatic heterocycles. The molecule has 8 heteroatoms. The van der Waals surface area contributed by atoms with Gasteiger partial charge in [0.2, 0.25) is 0 Å². The van der Waals surface area contributed by atoms with E-state index in [1.807, 2.05) is 21.1 Å². The summed E-state index contributed by atoms with van der Waals surface area (Å²) in [6, 6.07) is 0. The number of quaternary nitrogens is 1. The molecule has 0 radical (unpaired) electrons. The second-order valence-electron chi connectivity index (χ2n) is 6.36. The van der Waals surface area contributed by atoms with Crippen molar-refractivity contribution in [1.29, 1.82) is 0 Å². The largest absolute Gasteiger partial charge is 0.374 e. The van der Waals surface area contributed by atoms with Crippen LogP contribution in [0.5, 0.6) is 0 Å². The van der Waals surface area contributed by atoms with Gasteiger partial charge in [-0.2, -0.15) is 0 Å². The molecule has 1 aliphatic rings. The van der Waals surface area contributed by atoms with Crippen LogP contribution in [-0.2, 0) is 4.57 Å². The van der Waals surface area contributed by atoms with Gasteiger partial charge in [-0.25, -0.2) is 0 Å². The fraction of sp³-hybridized carbons (Fsp3) is 1.00. The van der Waals surface area contributed by atoms with Gasteiger partial charge in [0.15, 0.2) is 0 Å². The van der Waals surface area contributed by atoms with Gasteiger partial charge >= 0.3 is 7.60 Å². The number of hydrogen-bond donors (Lipinski definition) is 3. The molecule has 0 aromatic carbocycles. The van der Waals surface area contributed by atoms with E-state index in [-0.39, 0.29) is 6.54 Å². The maximum atomic E-state index is 11.6. The topological polar surface area (TPSA) is 77.8 Å². The quantitative estimate of drug-likeness (QED) is 0.300. The smallest absolute Gasteiger partial charge is 0.364 e. The molecule has 3 atom stereocenters. The van der Waals surface area contributed by atoms with E-state index < -0.39 is 12.3 Å². The van der Waals surface area contributed by atoms with Gasteiger partial charge in [0.05, 0.1) is 21.1 Å². The molecule has 114 valence electrons. The fourth-order valence-corrected chi connectivity index (χ4v) is 7.59. The molecule has 19 heavy (non-hydrogen) atoms. The van der Waals surface area contributed by atoms with Crippen molar-refractivity contribution in [1.82, 2.24) is 0 Å². The SMILES string of the molecule is C[C@H]1CCC[C@@H]1SSC(O)(C[N+](C)(C)C)P(=O)(O)O. The monoisotopic (exact) mass is 330 g/mol. The van der Waals surface area contributed by atoms with Gasteiger partial charge in [0, 0.05) is 5.25 Å². The first-order chi connectivity index (χ1) is 8.45. The van der Waals surface area contributed by atoms with Crippen LogP contribution in [0.15, 0.2) is 0 Å². The van der Waals surface area contributed by atoms with Crippen LogP contribution in [0.1, 0.15) is 26.2 Å². The van der Waals surface area contributed by atoms with E-state index >= 15 is 0 Å². The number of aliphatic hydroxyl groups is 1. The number of rotatable bonds is 6. The van der Waals surface area contributed by atoms with E-state index in [9.17, 15) is 19.5 Å². The maximum absolute atomic E-state index is 11.6. The summed E-state index contributed by atoms with van der Waals surface area (Å²) in [5, 5.41) is 10.8. The molecule has 0 heterocycles. The Kier molecular flexibility index (Phi) is 5.87. The third-order valence-corrected chi connectivity index (χ3v) is 8.93. The molecular weight excluding hydrogens is 305 g/mol. The maximum Gasteiger partial charge on any atom is 0.374 e. The summed E-state index contributed by atoms with van der Waals surface area (Å²) in [4.78, 5) is 18.9. The predicted octanol–water partition coefficient (Wildman–Crippen LogP) is 2.09. The molecule has 0 amide bonds. The van der Waals surface area contributed by atoms with Crippen molar-refractivity contribution >= 4 is 29.2 Å². The summed E-state index contributed by atoms with van der Waals surface area (Å²) in [5.74, 6) is 0.544. The molecule has 0 saturated heterocycles.